The van der Waals surface area contributed by atoms with Gasteiger partial charge in [-0.1, -0.05) is 0 Å². The van der Waals surface area contributed by atoms with E-state index < -0.39 is 22.8 Å². The second-order valence-corrected chi connectivity index (χ2v) is 5.78. The van der Waals surface area contributed by atoms with E-state index in [2.05, 4.69) is 5.32 Å². The number of hydrogen-bond donors (Lipinski definition) is 1. The Kier molecular flexibility index (Phi) is 4.67. The van der Waals surface area contributed by atoms with Gasteiger partial charge >= 0.3 is 6.03 Å². The van der Waals surface area contributed by atoms with Crippen LogP contribution >= 0.6 is 0 Å². The van der Waals surface area contributed by atoms with Crippen molar-refractivity contribution in [1.82, 2.24) is 10.2 Å². The number of nitrogens with one attached hydrogen (secondary N) is 1. The fraction of sp³-hybridized carbons (Fsp3) is 0.312. The average molecular weight is 360 g/mol. The van der Waals surface area contributed by atoms with Crippen molar-refractivity contribution in [3.63, 3.8) is 0 Å². The molecule has 10 nitrogen and oxygen atoms in total. The molecule has 0 bridgehead atoms. The average Bonchev–Trinajstić information content (AvgIpc) is 2.64. The number of anilines is 1. The standard InChI is InChI=1S/C16H16N4O6/c1-18-15(22)12(14(21)17-16(18)23)9-10-8-11(20(24)25)2-3-13(10)19-4-6-26-7-5-19/h2-3,8-9H,4-7H2,1H3,(H,17,21,23)/b12-9-. The fourth-order valence-corrected chi connectivity index (χ4v) is 2.76. The van der Waals surface area contributed by atoms with Crippen molar-refractivity contribution in [3.05, 3.63) is 39.4 Å². The maximum absolute atomic E-state index is 12.3. The second-order valence-electron chi connectivity index (χ2n) is 5.78. The van der Waals surface area contributed by atoms with Crippen molar-refractivity contribution in [1.29, 1.82) is 0 Å². The Morgan fingerprint density at radius 3 is 2.58 bits per heavy atom. The first-order valence-corrected chi connectivity index (χ1v) is 7.84. The number of carbonyl (C=O) groups excluding carboxylic acids is 3. The van der Waals surface area contributed by atoms with Crippen molar-refractivity contribution in [2.24, 2.45) is 0 Å². The van der Waals surface area contributed by atoms with Crippen LogP contribution < -0.4 is 10.2 Å². The smallest absolute Gasteiger partial charge is 0.331 e. The summed E-state index contributed by atoms with van der Waals surface area (Å²) in [5, 5.41) is 13.2. The van der Waals surface area contributed by atoms with Crippen LogP contribution in [0.4, 0.5) is 16.2 Å². The second kappa shape index (κ2) is 6.92. The molecule has 4 amide bonds. The van der Waals surface area contributed by atoms with Crippen molar-refractivity contribution < 1.29 is 24.0 Å². The first-order valence-electron chi connectivity index (χ1n) is 7.84. The van der Waals surface area contributed by atoms with Gasteiger partial charge in [-0.25, -0.2) is 4.79 Å². The van der Waals surface area contributed by atoms with Crippen LogP contribution in [0.5, 0.6) is 0 Å². The number of imide groups is 2. The van der Waals surface area contributed by atoms with Crippen LogP contribution in [0, 0.1) is 10.1 Å². The molecule has 136 valence electrons. The number of amides is 4. The maximum atomic E-state index is 12.3. The minimum absolute atomic E-state index is 0.165. The van der Waals surface area contributed by atoms with Gasteiger partial charge < -0.3 is 9.64 Å². The molecule has 26 heavy (non-hydrogen) atoms. The predicted molar refractivity (Wildman–Crippen MR) is 90.4 cm³/mol. The molecule has 2 saturated heterocycles. The highest BCUT2D eigenvalue weighted by molar-refractivity contribution is 6.31. The van der Waals surface area contributed by atoms with E-state index in [1.54, 1.807) is 6.07 Å². The highest BCUT2D eigenvalue weighted by atomic mass is 16.6. The Labute approximate surface area is 148 Å². The lowest BCUT2D eigenvalue weighted by Gasteiger charge is -2.30. The van der Waals surface area contributed by atoms with Crippen molar-refractivity contribution in [3.8, 4) is 0 Å². The number of barbiturate groups is 1. The number of morpholine rings is 1. The Morgan fingerprint density at radius 2 is 1.92 bits per heavy atom. The molecular weight excluding hydrogens is 344 g/mol. The molecule has 0 radical (unpaired) electrons. The first-order chi connectivity index (χ1) is 12.4. The number of likely N-dealkylation sites (N-methyl/N-ethyl adjacent to an activating group) is 1. The van der Waals surface area contributed by atoms with Crippen LogP contribution in [0.3, 0.4) is 0 Å². The summed E-state index contributed by atoms with van der Waals surface area (Å²) >= 11 is 0. The number of nitro groups is 1. The van der Waals surface area contributed by atoms with Gasteiger partial charge in [0.25, 0.3) is 17.5 Å². The van der Waals surface area contributed by atoms with Gasteiger partial charge in [0.05, 0.1) is 18.1 Å². The zero-order valence-electron chi connectivity index (χ0n) is 13.9. The van der Waals surface area contributed by atoms with Crippen LogP contribution in [-0.4, -0.2) is 61.0 Å². The van der Waals surface area contributed by atoms with E-state index in [0.29, 0.717) is 37.6 Å². The maximum Gasteiger partial charge on any atom is 0.331 e. The summed E-state index contributed by atoms with van der Waals surface area (Å²) < 4.78 is 5.31. The third-order valence-corrected chi connectivity index (χ3v) is 4.18. The number of hydrogen-bond acceptors (Lipinski definition) is 7. The molecular formula is C16H16N4O6. The quantitative estimate of drug-likeness (QED) is 0.361. The van der Waals surface area contributed by atoms with Gasteiger partial charge in [0.1, 0.15) is 5.57 Å². The van der Waals surface area contributed by atoms with E-state index in [1.165, 1.54) is 25.3 Å². The van der Waals surface area contributed by atoms with Crippen molar-refractivity contribution in [2.45, 2.75) is 0 Å². The third-order valence-electron chi connectivity index (χ3n) is 4.18. The van der Waals surface area contributed by atoms with Crippen LogP contribution in [0.15, 0.2) is 23.8 Å². The molecule has 2 aliphatic rings. The number of urea groups is 1. The number of nitrogens with zero attached hydrogens (tertiary/aromatic N) is 3. The van der Waals surface area contributed by atoms with Gasteiger partial charge in [0, 0.05) is 43.5 Å². The van der Waals surface area contributed by atoms with Crippen molar-refractivity contribution >= 4 is 35.3 Å². The van der Waals surface area contributed by atoms with Gasteiger partial charge in [-0.05, 0) is 12.1 Å². The molecule has 10 heteroatoms. The highest BCUT2D eigenvalue weighted by Gasteiger charge is 2.33. The van der Waals surface area contributed by atoms with E-state index in [0.717, 1.165) is 4.90 Å². The highest BCUT2D eigenvalue weighted by Crippen LogP contribution is 2.29. The summed E-state index contributed by atoms with van der Waals surface area (Å²) in [6.07, 6.45) is 1.28. The van der Waals surface area contributed by atoms with E-state index >= 15 is 0 Å². The number of rotatable bonds is 3. The molecule has 2 aliphatic heterocycles. The van der Waals surface area contributed by atoms with Crippen LogP contribution in [0.25, 0.3) is 6.08 Å². The lowest BCUT2D eigenvalue weighted by Crippen LogP contribution is -2.52. The van der Waals surface area contributed by atoms with Crippen LogP contribution in [-0.2, 0) is 14.3 Å². The van der Waals surface area contributed by atoms with Gasteiger partial charge in [0.2, 0.25) is 0 Å². The molecule has 1 aromatic carbocycles. The molecule has 2 fully saturated rings. The zero-order chi connectivity index (χ0) is 18.8. The minimum Gasteiger partial charge on any atom is -0.378 e. The molecule has 1 aromatic rings. The molecule has 0 atom stereocenters. The lowest BCUT2D eigenvalue weighted by molar-refractivity contribution is -0.384. The van der Waals surface area contributed by atoms with Crippen molar-refractivity contribution in [2.75, 3.05) is 38.3 Å². The fourth-order valence-electron chi connectivity index (χ4n) is 2.76. The van der Waals surface area contributed by atoms with E-state index in [1.807, 2.05) is 4.90 Å². The monoisotopic (exact) mass is 360 g/mol. The molecule has 0 saturated carbocycles. The molecule has 0 spiro atoms. The Morgan fingerprint density at radius 1 is 1.23 bits per heavy atom. The van der Waals surface area contributed by atoms with E-state index in [-0.39, 0.29) is 11.3 Å². The van der Waals surface area contributed by atoms with Gasteiger partial charge in [-0.2, -0.15) is 0 Å². The third kappa shape index (κ3) is 3.26. The molecule has 2 heterocycles. The largest absolute Gasteiger partial charge is 0.378 e. The summed E-state index contributed by atoms with van der Waals surface area (Å²) in [4.78, 5) is 49.1. The van der Waals surface area contributed by atoms with E-state index in [9.17, 15) is 24.5 Å². The molecule has 3 rings (SSSR count). The van der Waals surface area contributed by atoms with Crippen LogP contribution in [0.1, 0.15) is 5.56 Å². The normalized spacial score (nSPS) is 19.7. The summed E-state index contributed by atoms with van der Waals surface area (Å²) in [6.45, 7) is 2.16. The SMILES string of the molecule is CN1C(=O)NC(=O)/C(=C/c2cc([N+](=O)[O-])ccc2N2CCOCC2)C1=O. The topological polar surface area (TPSA) is 122 Å². The zero-order valence-corrected chi connectivity index (χ0v) is 13.9. The minimum atomic E-state index is -0.836. The van der Waals surface area contributed by atoms with Gasteiger partial charge in [-0.3, -0.25) is 29.9 Å². The number of benzene rings is 1. The predicted octanol–water partition coefficient (Wildman–Crippen LogP) is 0.523. The van der Waals surface area contributed by atoms with Crippen LogP contribution in [0.2, 0.25) is 0 Å². The molecule has 0 aromatic heterocycles. The first kappa shape index (κ1) is 17.5. The Bertz CT molecular complexity index is 828. The summed E-state index contributed by atoms with van der Waals surface area (Å²) in [5.74, 6) is -1.60. The lowest BCUT2D eigenvalue weighted by atomic mass is 10.0. The summed E-state index contributed by atoms with van der Waals surface area (Å²) in [7, 11) is 1.24. The molecule has 0 unspecified atom stereocenters. The molecule has 0 aliphatic carbocycles. The Hall–Kier alpha value is -3.27. The number of carbonyl (C=O) groups is 3. The molecule has 1 N–H and O–H groups in total. The number of non-ortho nitro benzene ring substituents is 1. The summed E-state index contributed by atoms with van der Waals surface area (Å²) in [5.41, 5.74) is 0.568. The number of nitro benzene ring substituents is 1. The van der Waals surface area contributed by atoms with Gasteiger partial charge in [-0.15, -0.1) is 0 Å². The summed E-state index contributed by atoms with van der Waals surface area (Å²) in [6, 6.07) is 3.43. The number of ether oxygens (including phenoxy) is 1. The van der Waals surface area contributed by atoms with Gasteiger partial charge in [0.15, 0.2) is 0 Å². The Balaban J connectivity index is 2.07. The van der Waals surface area contributed by atoms with E-state index in [4.69, 9.17) is 4.74 Å².